The molecule has 0 spiro atoms. The quantitative estimate of drug-likeness (QED) is 0.421. The summed E-state index contributed by atoms with van der Waals surface area (Å²) in [6, 6.07) is 0. The first-order valence-corrected chi connectivity index (χ1v) is 5.68. The third-order valence-corrected chi connectivity index (χ3v) is 2.37. The molecule has 21 heavy (non-hydrogen) atoms. The van der Waals surface area contributed by atoms with E-state index in [0.29, 0.717) is 0 Å². The van der Waals surface area contributed by atoms with Crippen LogP contribution in [0.4, 0.5) is 5.95 Å². The van der Waals surface area contributed by atoms with Crippen LogP contribution in [-0.2, 0) is 9.53 Å². The average Bonchev–Trinajstić information content (AvgIpc) is 2.34. The number of nitrogen functional groups attached to an aromatic ring is 1. The zero-order valence-corrected chi connectivity index (χ0v) is 11.1. The highest BCUT2D eigenvalue weighted by Gasteiger charge is 2.18. The molecule has 2 aromatic heterocycles. The van der Waals surface area contributed by atoms with Crippen LogP contribution in [0.15, 0.2) is 15.3 Å². The Morgan fingerprint density at radius 1 is 1.19 bits per heavy atom. The molecule has 0 unspecified atom stereocenters. The number of aromatic amines is 2. The zero-order valence-electron chi connectivity index (χ0n) is 11.1. The summed E-state index contributed by atoms with van der Waals surface area (Å²) in [7, 11) is 0. The minimum atomic E-state index is -0.801. The summed E-state index contributed by atoms with van der Waals surface area (Å²) in [5.41, 5.74) is 3.10. The van der Waals surface area contributed by atoms with E-state index in [9.17, 15) is 19.5 Å². The molecule has 0 aliphatic carbocycles. The Bertz CT molecular complexity index is 875. The van der Waals surface area contributed by atoms with Crippen molar-refractivity contribution in [2.24, 2.45) is 0 Å². The Hall–Kier alpha value is -3.17. The number of ether oxygens (including phenoxy) is 1. The van der Waals surface area contributed by atoms with Crippen LogP contribution in [0.1, 0.15) is 19.5 Å². The number of fused-ring (bicyclic) bond motifs is 1. The van der Waals surface area contributed by atoms with Crippen LogP contribution < -0.4 is 16.9 Å². The van der Waals surface area contributed by atoms with Crippen LogP contribution in [0.2, 0.25) is 0 Å². The number of aliphatic hydroxyl groups excluding tert-OH is 1. The van der Waals surface area contributed by atoms with Gasteiger partial charge in [-0.25, -0.2) is 4.98 Å². The second-order valence-corrected chi connectivity index (χ2v) is 4.07. The molecule has 0 aliphatic heterocycles. The number of carbonyl (C=O) groups is 1. The molecule has 10 nitrogen and oxygen atoms in total. The van der Waals surface area contributed by atoms with E-state index in [-0.39, 0.29) is 17.1 Å². The van der Waals surface area contributed by atoms with Crippen LogP contribution in [0.5, 0.6) is 0 Å². The monoisotopic (exact) mass is 293 g/mol. The Labute approximate surface area is 116 Å². The standard InChI is InChI=1S/C11H11N5O5/c1-3(17)7(21-4(2)18)5-9(19)14-8-6(13-5)10(20)16-11(12)15-8/h17H,1-2H3,(H4,12,14,15,16,19,20)/b7-3-. The summed E-state index contributed by atoms with van der Waals surface area (Å²) in [4.78, 5) is 46.7. The van der Waals surface area contributed by atoms with Gasteiger partial charge in [0.05, 0.1) is 0 Å². The molecule has 5 N–H and O–H groups in total. The van der Waals surface area contributed by atoms with Crippen molar-refractivity contribution < 1.29 is 14.6 Å². The maximum Gasteiger partial charge on any atom is 0.308 e. The van der Waals surface area contributed by atoms with Crippen molar-refractivity contribution in [1.29, 1.82) is 0 Å². The van der Waals surface area contributed by atoms with Crippen LogP contribution in [0.3, 0.4) is 0 Å². The fourth-order valence-corrected chi connectivity index (χ4v) is 1.60. The molecule has 0 saturated carbocycles. The van der Waals surface area contributed by atoms with Crippen molar-refractivity contribution in [3.8, 4) is 0 Å². The number of rotatable bonds is 2. The van der Waals surface area contributed by atoms with Gasteiger partial charge in [-0.1, -0.05) is 0 Å². The number of hydrogen-bond acceptors (Lipinski definition) is 8. The second-order valence-electron chi connectivity index (χ2n) is 4.07. The lowest BCUT2D eigenvalue weighted by Crippen LogP contribution is -2.22. The minimum Gasteiger partial charge on any atom is -0.509 e. The number of aliphatic hydroxyl groups is 1. The summed E-state index contributed by atoms with van der Waals surface area (Å²) in [5, 5.41) is 9.51. The number of anilines is 1. The lowest BCUT2D eigenvalue weighted by atomic mass is 10.3. The van der Waals surface area contributed by atoms with E-state index < -0.39 is 34.3 Å². The highest BCUT2D eigenvalue weighted by Crippen LogP contribution is 2.15. The number of aromatic nitrogens is 4. The Kier molecular flexibility index (Phi) is 3.44. The first-order chi connectivity index (χ1) is 9.79. The fourth-order valence-electron chi connectivity index (χ4n) is 1.60. The van der Waals surface area contributed by atoms with Crippen molar-refractivity contribution >= 4 is 28.8 Å². The van der Waals surface area contributed by atoms with Gasteiger partial charge in [-0.2, -0.15) is 4.98 Å². The number of nitrogens with two attached hydrogens (primary N) is 1. The Morgan fingerprint density at radius 2 is 1.86 bits per heavy atom. The minimum absolute atomic E-state index is 0.122. The van der Waals surface area contributed by atoms with Gasteiger partial charge in [0.2, 0.25) is 5.95 Å². The largest absolute Gasteiger partial charge is 0.509 e. The smallest absolute Gasteiger partial charge is 0.308 e. The molecule has 0 amide bonds. The summed E-state index contributed by atoms with van der Waals surface area (Å²) in [6.45, 7) is 2.29. The zero-order chi connectivity index (χ0) is 15.7. The topological polar surface area (TPSA) is 164 Å². The van der Waals surface area contributed by atoms with Crippen molar-refractivity contribution in [3.63, 3.8) is 0 Å². The van der Waals surface area contributed by atoms with E-state index in [4.69, 9.17) is 10.5 Å². The van der Waals surface area contributed by atoms with Crippen LogP contribution >= 0.6 is 0 Å². The van der Waals surface area contributed by atoms with E-state index in [1.54, 1.807) is 0 Å². The van der Waals surface area contributed by atoms with Gasteiger partial charge in [0.25, 0.3) is 11.1 Å². The normalized spacial score (nSPS) is 12.1. The van der Waals surface area contributed by atoms with Gasteiger partial charge >= 0.3 is 5.97 Å². The van der Waals surface area contributed by atoms with Gasteiger partial charge in [0.15, 0.2) is 22.6 Å². The van der Waals surface area contributed by atoms with Crippen LogP contribution in [0.25, 0.3) is 16.9 Å². The van der Waals surface area contributed by atoms with Crippen molar-refractivity contribution in [2.45, 2.75) is 13.8 Å². The van der Waals surface area contributed by atoms with Crippen molar-refractivity contribution in [1.82, 2.24) is 19.9 Å². The molecular weight excluding hydrogens is 282 g/mol. The maximum absolute atomic E-state index is 11.9. The first kappa shape index (κ1) is 14.2. The van der Waals surface area contributed by atoms with E-state index in [1.807, 2.05) is 0 Å². The molecule has 0 bridgehead atoms. The third-order valence-electron chi connectivity index (χ3n) is 2.37. The number of hydrogen-bond donors (Lipinski definition) is 4. The highest BCUT2D eigenvalue weighted by molar-refractivity contribution is 5.77. The molecule has 0 atom stereocenters. The number of esters is 1. The van der Waals surface area contributed by atoms with Gasteiger partial charge in [-0.05, 0) is 6.92 Å². The Balaban J connectivity index is 2.79. The van der Waals surface area contributed by atoms with Gasteiger partial charge in [0.1, 0.15) is 5.76 Å². The number of H-pyrrole nitrogens is 2. The predicted octanol–water partition coefficient (Wildman–Crippen LogP) is -0.602. The summed E-state index contributed by atoms with van der Waals surface area (Å²) < 4.78 is 4.74. The molecule has 110 valence electrons. The molecule has 0 fully saturated rings. The molecule has 2 rings (SSSR count). The SMILES string of the molecule is CC(=O)O/C(=C(/C)O)c1nc2c(=O)[nH]c(N)nc2[nH]c1=O. The lowest BCUT2D eigenvalue weighted by Gasteiger charge is -2.07. The molecular formula is C11H11N5O5. The highest BCUT2D eigenvalue weighted by atomic mass is 16.5. The van der Waals surface area contributed by atoms with Crippen LogP contribution in [0, 0.1) is 0 Å². The van der Waals surface area contributed by atoms with E-state index in [1.165, 1.54) is 6.92 Å². The lowest BCUT2D eigenvalue weighted by molar-refractivity contribution is -0.134. The van der Waals surface area contributed by atoms with Crippen molar-refractivity contribution in [3.05, 3.63) is 32.2 Å². The molecule has 0 radical (unpaired) electrons. The molecule has 10 heteroatoms. The third kappa shape index (κ3) is 2.73. The van der Waals surface area contributed by atoms with Gasteiger partial charge in [-0.3, -0.25) is 19.4 Å². The number of nitrogens with zero attached hydrogens (tertiary/aromatic N) is 2. The summed E-state index contributed by atoms with van der Waals surface area (Å²) in [5.74, 6) is -1.83. The van der Waals surface area contributed by atoms with Crippen molar-refractivity contribution in [2.75, 3.05) is 5.73 Å². The number of nitrogens with one attached hydrogen (secondary N) is 2. The molecule has 2 heterocycles. The van der Waals surface area contributed by atoms with Gasteiger partial charge in [0, 0.05) is 6.92 Å². The second kappa shape index (κ2) is 5.07. The predicted molar refractivity (Wildman–Crippen MR) is 72.2 cm³/mol. The van der Waals surface area contributed by atoms with Gasteiger partial charge < -0.3 is 20.6 Å². The maximum atomic E-state index is 11.9. The van der Waals surface area contributed by atoms with E-state index in [2.05, 4.69) is 19.9 Å². The van der Waals surface area contributed by atoms with E-state index in [0.717, 1.165) is 6.92 Å². The first-order valence-electron chi connectivity index (χ1n) is 5.68. The van der Waals surface area contributed by atoms with Gasteiger partial charge in [-0.15, -0.1) is 0 Å². The number of carbonyl (C=O) groups excluding carboxylic acids is 1. The number of allylic oxidation sites excluding steroid dienone is 1. The van der Waals surface area contributed by atoms with Crippen LogP contribution in [-0.4, -0.2) is 31.0 Å². The summed E-state index contributed by atoms with van der Waals surface area (Å²) in [6.07, 6.45) is 0. The molecule has 0 saturated heterocycles. The van der Waals surface area contributed by atoms with E-state index >= 15 is 0 Å². The molecule has 2 aromatic rings. The Morgan fingerprint density at radius 3 is 2.43 bits per heavy atom. The molecule has 0 aliphatic rings. The fraction of sp³-hybridized carbons (Fsp3) is 0.182. The molecule has 0 aromatic carbocycles. The summed E-state index contributed by atoms with van der Waals surface area (Å²) >= 11 is 0. The average molecular weight is 293 g/mol.